The van der Waals surface area contributed by atoms with Gasteiger partial charge in [0, 0.05) is 11.8 Å². The molecule has 1 unspecified atom stereocenters. The van der Waals surface area contributed by atoms with Gasteiger partial charge in [0.2, 0.25) is 0 Å². The fourth-order valence-corrected chi connectivity index (χ4v) is 2.58. The number of nitrogens with two attached hydrogens (primary N) is 1. The largest absolute Gasteiger partial charge is 0.327 e. The summed E-state index contributed by atoms with van der Waals surface area (Å²) in [6, 6.07) is 6.97. The van der Waals surface area contributed by atoms with Crippen molar-refractivity contribution in [2.75, 3.05) is 11.6 Å². The fourth-order valence-electron chi connectivity index (χ4n) is 1.69. The number of benzene rings is 1. The van der Waals surface area contributed by atoms with Gasteiger partial charge < -0.3 is 5.73 Å². The number of imide groups is 1. The van der Waals surface area contributed by atoms with Crippen molar-refractivity contribution in [3.8, 4) is 0 Å². The van der Waals surface area contributed by atoms with Crippen molar-refractivity contribution in [1.82, 2.24) is 4.90 Å². The second-order valence-electron chi connectivity index (χ2n) is 4.06. The minimum absolute atomic E-state index is 0.0650. The molecule has 0 saturated heterocycles. The summed E-state index contributed by atoms with van der Waals surface area (Å²) < 4.78 is 0. The summed E-state index contributed by atoms with van der Waals surface area (Å²) in [4.78, 5) is 25.2. The first-order valence-electron chi connectivity index (χ1n) is 5.40. The molecule has 17 heavy (non-hydrogen) atoms. The van der Waals surface area contributed by atoms with Crippen molar-refractivity contribution < 1.29 is 9.59 Å². The molecule has 1 aromatic carbocycles. The summed E-state index contributed by atoms with van der Waals surface area (Å²) in [7, 11) is 0. The van der Waals surface area contributed by atoms with Crippen LogP contribution < -0.4 is 5.73 Å². The molecule has 4 nitrogen and oxygen atoms in total. The predicted molar refractivity (Wildman–Crippen MR) is 67.9 cm³/mol. The van der Waals surface area contributed by atoms with Crippen LogP contribution in [0, 0.1) is 0 Å². The molecule has 0 fully saturated rings. The van der Waals surface area contributed by atoms with E-state index in [4.69, 9.17) is 5.73 Å². The van der Waals surface area contributed by atoms with Crippen molar-refractivity contribution in [3.05, 3.63) is 35.4 Å². The first-order chi connectivity index (χ1) is 8.11. The SMILES string of the molecule is CC(N)CSCN1C(=O)c2ccccc2C1=O. The Kier molecular flexibility index (Phi) is 3.49. The van der Waals surface area contributed by atoms with Crippen LogP contribution in [0.5, 0.6) is 0 Å². The number of carbonyl (C=O) groups is 2. The van der Waals surface area contributed by atoms with E-state index in [1.807, 2.05) is 6.92 Å². The Morgan fingerprint density at radius 3 is 2.24 bits per heavy atom. The van der Waals surface area contributed by atoms with E-state index < -0.39 is 0 Å². The molecule has 1 aliphatic rings. The third-order valence-corrected chi connectivity index (χ3v) is 3.68. The number of rotatable bonds is 4. The van der Waals surface area contributed by atoms with Gasteiger partial charge in [0.15, 0.2) is 0 Å². The van der Waals surface area contributed by atoms with E-state index in [9.17, 15) is 9.59 Å². The Bertz CT molecular complexity index is 425. The number of hydrogen-bond donors (Lipinski definition) is 1. The topological polar surface area (TPSA) is 63.4 Å². The highest BCUT2D eigenvalue weighted by Crippen LogP contribution is 2.24. The van der Waals surface area contributed by atoms with Crippen LogP contribution in [0.2, 0.25) is 0 Å². The Labute approximate surface area is 104 Å². The van der Waals surface area contributed by atoms with Gasteiger partial charge in [0.05, 0.1) is 17.0 Å². The first-order valence-corrected chi connectivity index (χ1v) is 6.55. The minimum Gasteiger partial charge on any atom is -0.327 e. The molecular weight excluding hydrogens is 236 g/mol. The van der Waals surface area contributed by atoms with Gasteiger partial charge in [-0.15, -0.1) is 11.8 Å². The zero-order chi connectivity index (χ0) is 12.4. The molecule has 2 N–H and O–H groups in total. The molecule has 1 heterocycles. The van der Waals surface area contributed by atoms with Crippen molar-refractivity contribution in [3.63, 3.8) is 0 Å². The monoisotopic (exact) mass is 250 g/mol. The summed E-state index contributed by atoms with van der Waals surface area (Å²) in [5.74, 6) is 0.687. The highest BCUT2D eigenvalue weighted by atomic mass is 32.2. The number of nitrogens with zero attached hydrogens (tertiary/aromatic N) is 1. The normalized spacial score (nSPS) is 16.2. The predicted octanol–water partition coefficient (Wildman–Crippen LogP) is 1.32. The Balaban J connectivity index is 2.08. The lowest BCUT2D eigenvalue weighted by molar-refractivity contribution is 0.0684. The number of carbonyl (C=O) groups excluding carboxylic acids is 2. The van der Waals surface area contributed by atoms with Gasteiger partial charge in [-0.2, -0.15) is 0 Å². The molecule has 0 saturated carbocycles. The average molecular weight is 250 g/mol. The number of thioether (sulfide) groups is 1. The van der Waals surface area contributed by atoms with Crippen LogP contribution in [0.3, 0.4) is 0 Å². The Morgan fingerprint density at radius 2 is 1.76 bits per heavy atom. The molecular formula is C12H14N2O2S. The molecule has 1 aliphatic heterocycles. The highest BCUT2D eigenvalue weighted by molar-refractivity contribution is 7.99. The quantitative estimate of drug-likeness (QED) is 0.819. The fraction of sp³-hybridized carbons (Fsp3) is 0.333. The maximum atomic E-state index is 11.9. The molecule has 0 radical (unpaired) electrons. The molecule has 0 aromatic heterocycles. The summed E-state index contributed by atoms with van der Waals surface area (Å²) in [5.41, 5.74) is 6.62. The summed E-state index contributed by atoms with van der Waals surface area (Å²) in [6.07, 6.45) is 0. The second kappa shape index (κ2) is 4.89. The third kappa shape index (κ3) is 2.35. The average Bonchev–Trinajstić information content (AvgIpc) is 2.54. The number of fused-ring (bicyclic) bond motifs is 1. The van der Waals surface area contributed by atoms with E-state index in [1.165, 1.54) is 16.7 Å². The molecule has 90 valence electrons. The molecule has 2 amide bonds. The molecule has 2 rings (SSSR count). The maximum absolute atomic E-state index is 11.9. The van der Waals surface area contributed by atoms with E-state index in [0.29, 0.717) is 17.0 Å². The molecule has 1 aromatic rings. The van der Waals surface area contributed by atoms with Gasteiger partial charge in [-0.3, -0.25) is 14.5 Å². The zero-order valence-corrected chi connectivity index (χ0v) is 10.4. The molecule has 1 atom stereocenters. The number of hydrogen-bond acceptors (Lipinski definition) is 4. The van der Waals surface area contributed by atoms with Crippen LogP contribution in [0.4, 0.5) is 0 Å². The van der Waals surface area contributed by atoms with Crippen molar-refractivity contribution in [1.29, 1.82) is 0 Å². The Morgan fingerprint density at radius 1 is 1.24 bits per heavy atom. The van der Waals surface area contributed by atoms with Crippen LogP contribution in [-0.4, -0.2) is 34.4 Å². The van der Waals surface area contributed by atoms with Gasteiger partial charge in [-0.25, -0.2) is 0 Å². The van der Waals surface area contributed by atoms with E-state index >= 15 is 0 Å². The molecule has 5 heteroatoms. The van der Waals surface area contributed by atoms with Crippen LogP contribution in [0.15, 0.2) is 24.3 Å². The van der Waals surface area contributed by atoms with Crippen LogP contribution in [0.1, 0.15) is 27.6 Å². The van der Waals surface area contributed by atoms with Gasteiger partial charge in [-0.05, 0) is 19.1 Å². The Hall–Kier alpha value is -1.33. The molecule has 0 aliphatic carbocycles. The minimum atomic E-state index is -0.206. The number of amides is 2. The van der Waals surface area contributed by atoms with Gasteiger partial charge in [0.25, 0.3) is 11.8 Å². The van der Waals surface area contributed by atoms with Crippen LogP contribution >= 0.6 is 11.8 Å². The van der Waals surface area contributed by atoms with Crippen molar-refractivity contribution >= 4 is 23.6 Å². The van der Waals surface area contributed by atoms with E-state index in [-0.39, 0.29) is 17.9 Å². The second-order valence-corrected chi connectivity index (χ2v) is 5.06. The summed E-state index contributed by atoms with van der Waals surface area (Å²) in [6.45, 7) is 1.90. The van der Waals surface area contributed by atoms with E-state index in [0.717, 1.165) is 5.75 Å². The zero-order valence-electron chi connectivity index (χ0n) is 9.55. The lowest BCUT2D eigenvalue weighted by Crippen LogP contribution is -2.30. The van der Waals surface area contributed by atoms with E-state index in [2.05, 4.69) is 0 Å². The van der Waals surface area contributed by atoms with Crippen LogP contribution in [-0.2, 0) is 0 Å². The van der Waals surface area contributed by atoms with Gasteiger partial charge >= 0.3 is 0 Å². The lowest BCUT2D eigenvalue weighted by atomic mass is 10.1. The van der Waals surface area contributed by atoms with Gasteiger partial charge in [-0.1, -0.05) is 12.1 Å². The first kappa shape index (κ1) is 12.1. The highest BCUT2D eigenvalue weighted by Gasteiger charge is 2.34. The van der Waals surface area contributed by atoms with Crippen LogP contribution in [0.25, 0.3) is 0 Å². The molecule has 0 spiro atoms. The van der Waals surface area contributed by atoms with Gasteiger partial charge in [0.1, 0.15) is 0 Å². The van der Waals surface area contributed by atoms with Crippen molar-refractivity contribution in [2.45, 2.75) is 13.0 Å². The smallest absolute Gasteiger partial charge is 0.262 e. The van der Waals surface area contributed by atoms with E-state index in [1.54, 1.807) is 24.3 Å². The van der Waals surface area contributed by atoms with Crippen molar-refractivity contribution in [2.24, 2.45) is 5.73 Å². The standard InChI is InChI=1S/C12H14N2O2S/c1-8(13)6-17-7-14-11(15)9-4-2-3-5-10(9)12(14)16/h2-5,8H,6-7,13H2,1H3. The summed E-state index contributed by atoms with van der Waals surface area (Å²) >= 11 is 1.50. The third-order valence-electron chi connectivity index (χ3n) is 2.48. The summed E-state index contributed by atoms with van der Waals surface area (Å²) in [5, 5.41) is 0. The maximum Gasteiger partial charge on any atom is 0.262 e. The molecule has 0 bridgehead atoms. The lowest BCUT2D eigenvalue weighted by Gasteiger charge is -2.13.